The summed E-state index contributed by atoms with van der Waals surface area (Å²) < 4.78 is 1.35. The van der Waals surface area contributed by atoms with E-state index in [0.717, 1.165) is 56.4 Å². The number of piperazine rings is 1. The highest BCUT2D eigenvalue weighted by Crippen LogP contribution is 2.29. The van der Waals surface area contributed by atoms with Crippen LogP contribution in [-0.2, 0) is 19.9 Å². The van der Waals surface area contributed by atoms with E-state index in [2.05, 4.69) is 19.9 Å². The summed E-state index contributed by atoms with van der Waals surface area (Å²) in [7, 11) is 1.67. The smallest absolute Gasteiger partial charge is 0.268 e. The van der Waals surface area contributed by atoms with Gasteiger partial charge in [0.2, 0.25) is 0 Å². The summed E-state index contributed by atoms with van der Waals surface area (Å²) in [6.07, 6.45) is 5.11. The molecule has 2 aromatic rings. The maximum atomic E-state index is 11.8. The second-order valence-corrected chi connectivity index (χ2v) is 6.52. The zero-order valence-electron chi connectivity index (χ0n) is 14.2. The minimum Gasteiger partial charge on any atom is -0.367 e. The summed E-state index contributed by atoms with van der Waals surface area (Å²) in [5.41, 5.74) is 3.40. The second kappa shape index (κ2) is 5.89. The molecule has 0 N–H and O–H groups in total. The molecule has 0 saturated carbocycles. The lowest BCUT2D eigenvalue weighted by Gasteiger charge is -2.37. The topological polar surface area (TPSA) is 67.2 Å². The average Bonchev–Trinajstić information content (AvgIpc) is 3.05. The van der Waals surface area contributed by atoms with E-state index in [4.69, 9.17) is 4.98 Å². The van der Waals surface area contributed by atoms with E-state index in [1.54, 1.807) is 19.3 Å². The van der Waals surface area contributed by atoms with Crippen molar-refractivity contribution in [3.8, 4) is 0 Å². The van der Waals surface area contributed by atoms with Crippen LogP contribution in [0.2, 0.25) is 0 Å². The van der Waals surface area contributed by atoms with Gasteiger partial charge in [-0.15, -0.1) is 0 Å². The Labute approximate surface area is 140 Å². The molecule has 0 atom stereocenters. The van der Waals surface area contributed by atoms with Crippen LogP contribution >= 0.6 is 0 Å². The Morgan fingerprint density at radius 1 is 1.04 bits per heavy atom. The van der Waals surface area contributed by atoms with Gasteiger partial charge in [-0.05, 0) is 26.2 Å². The monoisotopic (exact) mass is 326 g/mol. The van der Waals surface area contributed by atoms with Gasteiger partial charge in [-0.1, -0.05) is 0 Å². The number of aryl methyl sites for hydroxylation is 3. The van der Waals surface area contributed by atoms with E-state index in [1.807, 2.05) is 6.92 Å². The molecular weight excluding hydrogens is 304 g/mol. The van der Waals surface area contributed by atoms with Crippen LogP contribution in [0.5, 0.6) is 0 Å². The van der Waals surface area contributed by atoms with Crippen molar-refractivity contribution in [2.24, 2.45) is 7.05 Å². The average molecular weight is 326 g/mol. The molecule has 1 aliphatic carbocycles. The first-order chi connectivity index (χ1) is 11.6. The molecule has 0 amide bonds. The predicted octanol–water partition coefficient (Wildman–Crippen LogP) is 0.694. The number of aromatic nitrogens is 4. The van der Waals surface area contributed by atoms with E-state index in [0.29, 0.717) is 0 Å². The van der Waals surface area contributed by atoms with Crippen molar-refractivity contribution in [2.75, 3.05) is 36.0 Å². The zero-order valence-corrected chi connectivity index (χ0v) is 14.2. The highest BCUT2D eigenvalue weighted by Gasteiger charge is 2.25. The maximum absolute atomic E-state index is 11.8. The first-order valence-electron chi connectivity index (χ1n) is 8.51. The minimum absolute atomic E-state index is 0.0702. The summed E-state index contributed by atoms with van der Waals surface area (Å²) in [6.45, 7) is 5.51. The third-order valence-electron chi connectivity index (χ3n) is 4.92. The lowest BCUT2D eigenvalue weighted by Crippen LogP contribution is -2.47. The van der Waals surface area contributed by atoms with Gasteiger partial charge in [0.15, 0.2) is 0 Å². The van der Waals surface area contributed by atoms with Gasteiger partial charge in [0.05, 0.1) is 11.9 Å². The van der Waals surface area contributed by atoms with Gasteiger partial charge in [0.1, 0.15) is 11.6 Å². The Morgan fingerprint density at radius 3 is 2.54 bits per heavy atom. The fraction of sp³-hybridized carbons (Fsp3) is 0.529. The molecule has 126 valence electrons. The van der Waals surface area contributed by atoms with Crippen molar-refractivity contribution in [1.29, 1.82) is 0 Å². The van der Waals surface area contributed by atoms with Crippen molar-refractivity contribution in [2.45, 2.75) is 26.2 Å². The van der Waals surface area contributed by atoms with Crippen LogP contribution < -0.4 is 15.4 Å². The summed E-state index contributed by atoms with van der Waals surface area (Å²) in [4.78, 5) is 25.7. The maximum Gasteiger partial charge on any atom is 0.268 e. The number of hydrogen-bond donors (Lipinski definition) is 0. The van der Waals surface area contributed by atoms with Gasteiger partial charge in [-0.3, -0.25) is 4.79 Å². The Morgan fingerprint density at radius 2 is 1.79 bits per heavy atom. The summed E-state index contributed by atoms with van der Waals surface area (Å²) in [5, 5.41) is 4.12. The molecule has 0 spiro atoms. The molecule has 1 saturated heterocycles. The summed E-state index contributed by atoms with van der Waals surface area (Å²) in [6, 6.07) is 1.66. The normalized spacial score (nSPS) is 17.2. The van der Waals surface area contributed by atoms with Crippen LogP contribution in [0, 0.1) is 6.92 Å². The van der Waals surface area contributed by atoms with Crippen molar-refractivity contribution in [1.82, 2.24) is 19.7 Å². The van der Waals surface area contributed by atoms with E-state index >= 15 is 0 Å². The Balaban J connectivity index is 1.53. The molecule has 0 aromatic carbocycles. The fourth-order valence-corrected chi connectivity index (χ4v) is 3.60. The van der Waals surface area contributed by atoms with Gasteiger partial charge < -0.3 is 9.80 Å². The van der Waals surface area contributed by atoms with Crippen LogP contribution in [0.3, 0.4) is 0 Å². The zero-order chi connectivity index (χ0) is 16.7. The number of nitrogens with zero attached hydrogens (tertiary/aromatic N) is 6. The molecular formula is C17H22N6O. The number of rotatable bonds is 2. The van der Waals surface area contributed by atoms with Gasteiger partial charge >= 0.3 is 0 Å². The molecule has 7 heteroatoms. The molecule has 24 heavy (non-hydrogen) atoms. The highest BCUT2D eigenvalue weighted by molar-refractivity contribution is 5.53. The fourth-order valence-electron chi connectivity index (χ4n) is 3.60. The largest absolute Gasteiger partial charge is 0.367 e. The van der Waals surface area contributed by atoms with Gasteiger partial charge in [-0.25, -0.2) is 14.6 Å². The molecule has 0 radical (unpaired) electrons. The van der Waals surface area contributed by atoms with Crippen LogP contribution in [0.1, 0.15) is 23.5 Å². The molecule has 2 aliphatic rings. The number of hydrogen-bond acceptors (Lipinski definition) is 6. The molecule has 0 bridgehead atoms. The van der Waals surface area contributed by atoms with Crippen molar-refractivity contribution < 1.29 is 0 Å². The molecule has 7 nitrogen and oxygen atoms in total. The van der Waals surface area contributed by atoms with E-state index in [9.17, 15) is 4.79 Å². The Hall–Kier alpha value is -2.44. The lowest BCUT2D eigenvalue weighted by atomic mass is 10.2. The molecule has 4 rings (SSSR count). The second-order valence-electron chi connectivity index (χ2n) is 6.52. The number of fused-ring (bicyclic) bond motifs is 1. The van der Waals surface area contributed by atoms with Crippen molar-refractivity contribution >= 4 is 11.5 Å². The molecule has 1 fully saturated rings. The minimum atomic E-state index is -0.0702. The Bertz CT molecular complexity index is 822. The third-order valence-corrected chi connectivity index (χ3v) is 4.92. The number of anilines is 2. The molecule has 2 aromatic heterocycles. The van der Waals surface area contributed by atoms with E-state index in [-0.39, 0.29) is 5.56 Å². The predicted molar refractivity (Wildman–Crippen MR) is 92.7 cm³/mol. The Kier molecular flexibility index (Phi) is 3.70. The van der Waals surface area contributed by atoms with E-state index in [1.165, 1.54) is 22.4 Å². The summed E-state index contributed by atoms with van der Waals surface area (Å²) >= 11 is 0. The quantitative estimate of drug-likeness (QED) is 0.809. The van der Waals surface area contributed by atoms with Crippen LogP contribution in [0.15, 0.2) is 17.1 Å². The van der Waals surface area contributed by atoms with E-state index < -0.39 is 0 Å². The highest BCUT2D eigenvalue weighted by atomic mass is 16.1. The molecule has 0 unspecified atom stereocenters. The third kappa shape index (κ3) is 2.64. The van der Waals surface area contributed by atoms with Crippen molar-refractivity contribution in [3.63, 3.8) is 0 Å². The van der Waals surface area contributed by atoms with Crippen LogP contribution in [-0.4, -0.2) is 45.9 Å². The first kappa shape index (κ1) is 15.1. The standard InChI is InChI=1S/C17H22N6O/c1-12-19-15-5-3-4-14(15)17(20-12)23-8-6-22(7-9-23)13-10-16(24)21(2)18-11-13/h10-11H,3-9H2,1-2H3. The van der Waals surface area contributed by atoms with Gasteiger partial charge in [0.25, 0.3) is 5.56 Å². The first-order valence-corrected chi connectivity index (χ1v) is 8.51. The SMILES string of the molecule is Cc1nc2c(c(N3CCN(c4cnn(C)c(=O)c4)CC3)n1)CCC2. The van der Waals surface area contributed by atoms with Crippen molar-refractivity contribution in [3.05, 3.63) is 39.7 Å². The summed E-state index contributed by atoms with van der Waals surface area (Å²) in [5.74, 6) is 1.99. The molecule has 3 heterocycles. The van der Waals surface area contributed by atoms with Gasteiger partial charge in [-0.2, -0.15) is 5.10 Å². The van der Waals surface area contributed by atoms with Gasteiger partial charge in [0, 0.05) is 50.6 Å². The van der Waals surface area contributed by atoms with Crippen LogP contribution in [0.4, 0.5) is 11.5 Å². The lowest BCUT2D eigenvalue weighted by molar-refractivity contribution is 0.634. The van der Waals surface area contributed by atoms with Crippen LogP contribution in [0.25, 0.3) is 0 Å². The molecule has 1 aliphatic heterocycles.